The second-order valence-electron chi connectivity index (χ2n) is 7.47. The van der Waals surface area contributed by atoms with Gasteiger partial charge in [-0.05, 0) is 24.3 Å². The molecule has 1 amide bonds. The van der Waals surface area contributed by atoms with Crippen LogP contribution in [0, 0.1) is 10.1 Å². The lowest BCUT2D eigenvalue weighted by molar-refractivity contribution is -0.384. The first-order chi connectivity index (χ1) is 15.2. The lowest BCUT2D eigenvalue weighted by atomic mass is 10.2. The predicted octanol–water partition coefficient (Wildman–Crippen LogP) is 2.15. The highest BCUT2D eigenvalue weighted by Gasteiger charge is 2.28. The standard InChI is InChI=1S/C21H21N5O5S/c1-32(30,31)18-7-8-19(20(13-18)26(28)29)23-9-11-24(12-10-23)21(27)16-14-22-25(15-16)17-5-3-2-4-6-17/h2-8,13-15H,9-12H2,1H3. The minimum Gasteiger partial charge on any atom is -0.362 e. The number of piperazine rings is 1. The number of amides is 1. The zero-order chi connectivity index (χ0) is 22.9. The summed E-state index contributed by atoms with van der Waals surface area (Å²) in [5.41, 5.74) is 1.38. The van der Waals surface area contributed by atoms with Crippen molar-refractivity contribution in [3.63, 3.8) is 0 Å². The van der Waals surface area contributed by atoms with Crippen LogP contribution in [0.15, 0.2) is 65.8 Å². The maximum atomic E-state index is 12.9. The number of para-hydroxylation sites is 1. The summed E-state index contributed by atoms with van der Waals surface area (Å²) >= 11 is 0. The SMILES string of the molecule is CS(=O)(=O)c1ccc(N2CCN(C(=O)c3cnn(-c4ccccc4)c3)CC2)c([N+](=O)[O-])c1. The molecule has 2 aromatic carbocycles. The summed E-state index contributed by atoms with van der Waals surface area (Å²) in [6, 6.07) is 13.4. The molecule has 0 aliphatic carbocycles. The van der Waals surface area contributed by atoms with Crippen LogP contribution in [0.25, 0.3) is 5.69 Å². The smallest absolute Gasteiger partial charge is 0.293 e. The summed E-state index contributed by atoms with van der Waals surface area (Å²) in [6.45, 7) is 1.52. The Morgan fingerprint density at radius 1 is 1.06 bits per heavy atom. The summed E-state index contributed by atoms with van der Waals surface area (Å²) in [5, 5.41) is 15.8. The van der Waals surface area contributed by atoms with Gasteiger partial charge in [-0.25, -0.2) is 13.1 Å². The van der Waals surface area contributed by atoms with Gasteiger partial charge in [-0.15, -0.1) is 0 Å². The molecular weight excluding hydrogens is 434 g/mol. The maximum absolute atomic E-state index is 12.9. The molecule has 1 fully saturated rings. The topological polar surface area (TPSA) is 119 Å². The van der Waals surface area contributed by atoms with Gasteiger partial charge in [0.2, 0.25) is 0 Å². The van der Waals surface area contributed by atoms with Crippen LogP contribution in [0.4, 0.5) is 11.4 Å². The van der Waals surface area contributed by atoms with E-state index in [1.807, 2.05) is 30.3 Å². The van der Waals surface area contributed by atoms with E-state index >= 15 is 0 Å². The zero-order valence-corrected chi connectivity index (χ0v) is 18.1. The molecule has 1 aliphatic rings. The number of carbonyl (C=O) groups excluding carboxylic acids is 1. The van der Waals surface area contributed by atoms with Crippen molar-refractivity contribution in [3.05, 3.63) is 76.6 Å². The van der Waals surface area contributed by atoms with Crippen molar-refractivity contribution in [2.75, 3.05) is 37.3 Å². The van der Waals surface area contributed by atoms with E-state index in [0.29, 0.717) is 37.4 Å². The first-order valence-corrected chi connectivity index (χ1v) is 11.8. The Kier molecular flexibility index (Phi) is 5.66. The van der Waals surface area contributed by atoms with Crippen LogP contribution in [0.3, 0.4) is 0 Å². The summed E-state index contributed by atoms with van der Waals surface area (Å²) in [7, 11) is -3.56. The number of hydrogen-bond donors (Lipinski definition) is 0. The Hall–Kier alpha value is -3.73. The summed E-state index contributed by atoms with van der Waals surface area (Å²) in [5.74, 6) is -0.159. The average Bonchev–Trinajstić information content (AvgIpc) is 3.28. The first kappa shape index (κ1) is 21.5. The van der Waals surface area contributed by atoms with E-state index in [0.717, 1.165) is 18.0 Å². The molecule has 0 saturated carbocycles. The van der Waals surface area contributed by atoms with Crippen LogP contribution < -0.4 is 4.90 Å². The fourth-order valence-electron chi connectivity index (χ4n) is 3.64. The molecule has 1 saturated heterocycles. The highest BCUT2D eigenvalue weighted by molar-refractivity contribution is 7.90. The van der Waals surface area contributed by atoms with E-state index in [-0.39, 0.29) is 16.5 Å². The third-order valence-corrected chi connectivity index (χ3v) is 6.44. The number of sulfone groups is 1. The summed E-state index contributed by atoms with van der Waals surface area (Å²) < 4.78 is 25.1. The normalized spacial score (nSPS) is 14.4. The van der Waals surface area contributed by atoms with Gasteiger partial charge in [0.15, 0.2) is 9.84 Å². The predicted molar refractivity (Wildman–Crippen MR) is 118 cm³/mol. The number of anilines is 1. The average molecular weight is 455 g/mol. The third-order valence-electron chi connectivity index (χ3n) is 5.33. The third kappa shape index (κ3) is 4.33. The van der Waals surface area contributed by atoms with Gasteiger partial charge in [-0.1, -0.05) is 18.2 Å². The van der Waals surface area contributed by atoms with Crippen molar-refractivity contribution >= 4 is 27.1 Å². The first-order valence-electron chi connectivity index (χ1n) is 9.87. The molecule has 0 bridgehead atoms. The number of nitro benzene ring substituents is 1. The Bertz CT molecular complexity index is 1260. The number of benzene rings is 2. The Balaban J connectivity index is 1.47. The van der Waals surface area contributed by atoms with Crippen LogP contribution in [-0.2, 0) is 9.84 Å². The van der Waals surface area contributed by atoms with E-state index in [4.69, 9.17) is 0 Å². The monoisotopic (exact) mass is 455 g/mol. The fourth-order valence-corrected chi connectivity index (χ4v) is 4.28. The van der Waals surface area contributed by atoms with E-state index < -0.39 is 14.8 Å². The molecule has 0 N–H and O–H groups in total. The number of carbonyl (C=O) groups is 1. The second-order valence-corrected chi connectivity index (χ2v) is 9.48. The molecular formula is C21H21N5O5S. The van der Waals surface area contributed by atoms with Gasteiger partial charge in [0.1, 0.15) is 5.69 Å². The van der Waals surface area contributed by atoms with Crippen LogP contribution in [0.2, 0.25) is 0 Å². The molecule has 0 spiro atoms. The van der Waals surface area contributed by atoms with Gasteiger partial charge in [-0.3, -0.25) is 14.9 Å². The van der Waals surface area contributed by atoms with E-state index in [1.54, 1.807) is 20.7 Å². The van der Waals surface area contributed by atoms with Gasteiger partial charge < -0.3 is 9.80 Å². The van der Waals surface area contributed by atoms with Crippen molar-refractivity contribution in [2.24, 2.45) is 0 Å². The van der Waals surface area contributed by atoms with Crippen LogP contribution >= 0.6 is 0 Å². The fraction of sp³-hybridized carbons (Fsp3) is 0.238. The second kappa shape index (κ2) is 8.42. The number of nitro groups is 1. The van der Waals surface area contributed by atoms with Gasteiger partial charge in [-0.2, -0.15) is 5.10 Å². The van der Waals surface area contributed by atoms with E-state index in [2.05, 4.69) is 5.10 Å². The highest BCUT2D eigenvalue weighted by atomic mass is 32.2. The minimum atomic E-state index is -3.56. The van der Waals surface area contributed by atoms with Crippen LogP contribution in [0.5, 0.6) is 0 Å². The largest absolute Gasteiger partial charge is 0.362 e. The molecule has 166 valence electrons. The molecule has 10 nitrogen and oxygen atoms in total. The molecule has 0 radical (unpaired) electrons. The summed E-state index contributed by atoms with van der Waals surface area (Å²) in [4.78, 5) is 27.2. The molecule has 11 heteroatoms. The molecule has 0 unspecified atom stereocenters. The molecule has 1 aliphatic heterocycles. The number of aromatic nitrogens is 2. The molecule has 0 atom stereocenters. The Morgan fingerprint density at radius 3 is 2.38 bits per heavy atom. The van der Waals surface area contributed by atoms with Crippen LogP contribution in [-0.4, -0.2) is 66.4 Å². The van der Waals surface area contributed by atoms with Gasteiger partial charge in [0.05, 0.1) is 27.3 Å². The van der Waals surface area contributed by atoms with Crippen molar-refractivity contribution < 1.29 is 18.1 Å². The maximum Gasteiger partial charge on any atom is 0.293 e. The van der Waals surface area contributed by atoms with Crippen LogP contribution in [0.1, 0.15) is 10.4 Å². The van der Waals surface area contributed by atoms with Gasteiger partial charge in [0, 0.05) is 44.7 Å². The van der Waals surface area contributed by atoms with Crippen molar-refractivity contribution in [2.45, 2.75) is 4.90 Å². The van der Waals surface area contributed by atoms with Crippen molar-refractivity contribution in [1.29, 1.82) is 0 Å². The van der Waals surface area contributed by atoms with E-state index in [9.17, 15) is 23.3 Å². The van der Waals surface area contributed by atoms with Crippen molar-refractivity contribution in [1.82, 2.24) is 14.7 Å². The molecule has 1 aromatic heterocycles. The van der Waals surface area contributed by atoms with Gasteiger partial charge >= 0.3 is 0 Å². The quantitative estimate of drug-likeness (QED) is 0.427. The molecule has 2 heterocycles. The zero-order valence-electron chi connectivity index (χ0n) is 17.3. The van der Waals surface area contributed by atoms with E-state index in [1.165, 1.54) is 18.3 Å². The number of hydrogen-bond acceptors (Lipinski definition) is 7. The lowest BCUT2D eigenvalue weighted by Crippen LogP contribution is -2.48. The molecule has 3 aromatic rings. The Morgan fingerprint density at radius 2 is 1.75 bits per heavy atom. The lowest BCUT2D eigenvalue weighted by Gasteiger charge is -2.35. The Labute approximate surface area is 184 Å². The minimum absolute atomic E-state index is 0.0998. The molecule has 32 heavy (non-hydrogen) atoms. The van der Waals surface area contributed by atoms with Crippen molar-refractivity contribution in [3.8, 4) is 5.69 Å². The van der Waals surface area contributed by atoms with Gasteiger partial charge in [0.25, 0.3) is 11.6 Å². The summed E-state index contributed by atoms with van der Waals surface area (Å²) in [6.07, 6.45) is 4.21. The number of rotatable bonds is 5. The molecule has 4 rings (SSSR count). The highest BCUT2D eigenvalue weighted by Crippen LogP contribution is 2.31. The number of nitrogens with zero attached hydrogens (tertiary/aromatic N) is 5.